The highest BCUT2D eigenvalue weighted by Gasteiger charge is 2.20. The van der Waals surface area contributed by atoms with Crippen LogP contribution in [0, 0.1) is 0 Å². The van der Waals surface area contributed by atoms with Crippen molar-refractivity contribution < 1.29 is 14.6 Å². The molecular weight excluding hydrogens is 271 g/mol. The topological polar surface area (TPSA) is 46.5 Å². The molecule has 1 rings (SSSR count). The molecule has 0 aliphatic carbocycles. The lowest BCUT2D eigenvalue weighted by atomic mass is 10.1. The van der Waals surface area contributed by atoms with Gasteiger partial charge in [-0.2, -0.15) is 0 Å². The van der Waals surface area contributed by atoms with Crippen molar-refractivity contribution in [1.29, 1.82) is 0 Å². The van der Waals surface area contributed by atoms with Crippen molar-refractivity contribution in [3.63, 3.8) is 0 Å². The summed E-state index contributed by atoms with van der Waals surface area (Å²) in [7, 11) is 1.48. The molecular formula is C9H8BrClO3. The van der Waals surface area contributed by atoms with Crippen LogP contribution in [0.25, 0.3) is 0 Å². The number of hydrogen-bond acceptors (Lipinski definition) is 2. The third-order valence-electron chi connectivity index (χ3n) is 1.68. The molecule has 5 heteroatoms. The van der Waals surface area contributed by atoms with Gasteiger partial charge in [-0.1, -0.05) is 27.5 Å². The van der Waals surface area contributed by atoms with Gasteiger partial charge in [0.25, 0.3) is 0 Å². The van der Waals surface area contributed by atoms with Gasteiger partial charge in [-0.3, -0.25) is 4.79 Å². The fourth-order valence-corrected chi connectivity index (χ4v) is 1.57. The smallest absolute Gasteiger partial charge is 0.321 e. The molecule has 1 aromatic rings. The molecule has 0 aliphatic rings. The number of rotatable bonds is 3. The van der Waals surface area contributed by atoms with E-state index < -0.39 is 10.8 Å². The van der Waals surface area contributed by atoms with E-state index in [1.165, 1.54) is 7.11 Å². The number of methoxy groups -OCH3 is 1. The van der Waals surface area contributed by atoms with E-state index in [0.29, 0.717) is 16.3 Å². The van der Waals surface area contributed by atoms with Crippen LogP contribution >= 0.6 is 27.5 Å². The van der Waals surface area contributed by atoms with Gasteiger partial charge in [-0.15, -0.1) is 0 Å². The molecule has 1 atom stereocenters. The Kier molecular flexibility index (Phi) is 3.77. The maximum Gasteiger partial charge on any atom is 0.321 e. The number of aliphatic carboxylic acids is 1. The second-order valence-electron chi connectivity index (χ2n) is 2.59. The van der Waals surface area contributed by atoms with E-state index >= 15 is 0 Å². The summed E-state index contributed by atoms with van der Waals surface area (Å²) in [6, 6.07) is 4.84. The normalized spacial score (nSPS) is 12.2. The van der Waals surface area contributed by atoms with Crippen LogP contribution in [-0.2, 0) is 4.79 Å². The average molecular weight is 280 g/mol. The first-order valence-electron chi connectivity index (χ1n) is 3.76. The van der Waals surface area contributed by atoms with Crippen LogP contribution in [0.3, 0.4) is 0 Å². The summed E-state index contributed by atoms with van der Waals surface area (Å²) < 4.78 is 5.02. The van der Waals surface area contributed by atoms with Crippen molar-refractivity contribution in [3.05, 3.63) is 28.8 Å². The Hall–Kier alpha value is -0.740. The lowest BCUT2D eigenvalue weighted by Crippen LogP contribution is -2.06. The van der Waals surface area contributed by atoms with E-state index in [0.717, 1.165) is 0 Å². The van der Waals surface area contributed by atoms with Gasteiger partial charge in [0.15, 0.2) is 0 Å². The zero-order chi connectivity index (χ0) is 10.7. The zero-order valence-corrected chi connectivity index (χ0v) is 9.67. The van der Waals surface area contributed by atoms with Gasteiger partial charge in [0, 0.05) is 10.6 Å². The summed E-state index contributed by atoms with van der Waals surface area (Å²) in [6.07, 6.45) is 0. The van der Waals surface area contributed by atoms with Gasteiger partial charge < -0.3 is 9.84 Å². The van der Waals surface area contributed by atoms with E-state index in [2.05, 4.69) is 15.9 Å². The van der Waals surface area contributed by atoms with Crippen LogP contribution in [0.2, 0.25) is 5.02 Å². The fourth-order valence-electron chi connectivity index (χ4n) is 1.04. The Balaban J connectivity index is 3.16. The predicted molar refractivity (Wildman–Crippen MR) is 57.3 cm³/mol. The Morgan fingerprint density at radius 3 is 2.79 bits per heavy atom. The molecule has 0 amide bonds. The minimum absolute atomic E-state index is 0.478. The number of hydrogen-bond donors (Lipinski definition) is 1. The molecule has 0 saturated heterocycles. The molecule has 0 saturated carbocycles. The van der Waals surface area contributed by atoms with Crippen molar-refractivity contribution in [2.45, 2.75) is 4.83 Å². The summed E-state index contributed by atoms with van der Waals surface area (Å²) in [5, 5.41) is 9.28. The van der Waals surface area contributed by atoms with Gasteiger partial charge in [-0.05, 0) is 18.2 Å². The van der Waals surface area contributed by atoms with Crippen LogP contribution in [0.1, 0.15) is 10.4 Å². The quantitative estimate of drug-likeness (QED) is 0.866. The third-order valence-corrected chi connectivity index (χ3v) is 2.80. The molecule has 0 aliphatic heterocycles. The summed E-state index contributed by atoms with van der Waals surface area (Å²) in [4.78, 5) is 9.92. The number of carboxylic acids is 1. The highest BCUT2D eigenvalue weighted by molar-refractivity contribution is 9.09. The molecule has 0 bridgehead atoms. The molecule has 14 heavy (non-hydrogen) atoms. The number of carbonyl (C=O) groups is 1. The van der Waals surface area contributed by atoms with E-state index in [1.54, 1.807) is 18.2 Å². The maximum absolute atomic E-state index is 10.7. The molecule has 3 nitrogen and oxygen atoms in total. The molecule has 0 aromatic heterocycles. The summed E-state index contributed by atoms with van der Waals surface area (Å²) >= 11 is 8.79. The summed E-state index contributed by atoms with van der Waals surface area (Å²) in [6.45, 7) is 0. The Bertz CT molecular complexity index is 354. The third kappa shape index (κ3) is 2.39. The number of halogens is 2. The molecule has 0 heterocycles. The van der Waals surface area contributed by atoms with Gasteiger partial charge in [0.05, 0.1) is 7.11 Å². The van der Waals surface area contributed by atoms with Crippen molar-refractivity contribution in [3.8, 4) is 5.75 Å². The number of ether oxygens (including phenoxy) is 1. The molecule has 0 spiro atoms. The van der Waals surface area contributed by atoms with Crippen LogP contribution in [0.15, 0.2) is 18.2 Å². The average Bonchev–Trinajstić information content (AvgIpc) is 2.16. The van der Waals surface area contributed by atoms with E-state index in [4.69, 9.17) is 21.4 Å². The van der Waals surface area contributed by atoms with Crippen LogP contribution < -0.4 is 4.74 Å². The Morgan fingerprint density at radius 1 is 1.64 bits per heavy atom. The molecule has 0 fully saturated rings. The second kappa shape index (κ2) is 4.66. The highest BCUT2D eigenvalue weighted by Crippen LogP contribution is 2.33. The zero-order valence-electron chi connectivity index (χ0n) is 7.33. The van der Waals surface area contributed by atoms with Crippen molar-refractivity contribution >= 4 is 33.5 Å². The SMILES string of the molecule is COc1ccc(Cl)cc1C(Br)C(=O)O. The van der Waals surface area contributed by atoms with E-state index in [9.17, 15) is 4.79 Å². The van der Waals surface area contributed by atoms with Crippen molar-refractivity contribution in [2.24, 2.45) is 0 Å². The largest absolute Gasteiger partial charge is 0.496 e. The fraction of sp³-hybridized carbons (Fsp3) is 0.222. The first-order chi connectivity index (χ1) is 6.56. The van der Waals surface area contributed by atoms with Gasteiger partial charge >= 0.3 is 5.97 Å². The number of benzene rings is 1. The lowest BCUT2D eigenvalue weighted by Gasteiger charge is -2.10. The molecule has 0 radical (unpaired) electrons. The van der Waals surface area contributed by atoms with Crippen molar-refractivity contribution in [1.82, 2.24) is 0 Å². The summed E-state index contributed by atoms with van der Waals surface area (Å²) in [5.74, 6) is -0.482. The minimum Gasteiger partial charge on any atom is -0.496 e. The predicted octanol–water partition coefficient (Wildman–Crippen LogP) is 2.87. The van der Waals surface area contributed by atoms with Gasteiger partial charge in [0.1, 0.15) is 10.6 Å². The monoisotopic (exact) mass is 278 g/mol. The Morgan fingerprint density at radius 2 is 2.29 bits per heavy atom. The molecule has 1 aromatic carbocycles. The lowest BCUT2D eigenvalue weighted by molar-refractivity contribution is -0.136. The number of carboxylic acid groups (broad SMARTS) is 1. The highest BCUT2D eigenvalue weighted by atomic mass is 79.9. The first-order valence-corrected chi connectivity index (χ1v) is 5.06. The Labute approximate surface area is 94.8 Å². The van der Waals surface area contributed by atoms with Crippen LogP contribution in [0.5, 0.6) is 5.75 Å². The van der Waals surface area contributed by atoms with Gasteiger partial charge in [-0.25, -0.2) is 0 Å². The first kappa shape index (κ1) is 11.3. The van der Waals surface area contributed by atoms with Crippen LogP contribution in [0.4, 0.5) is 0 Å². The summed E-state index contributed by atoms with van der Waals surface area (Å²) in [5.41, 5.74) is 0.507. The minimum atomic E-state index is -0.981. The van der Waals surface area contributed by atoms with Crippen molar-refractivity contribution in [2.75, 3.05) is 7.11 Å². The second-order valence-corrected chi connectivity index (χ2v) is 3.94. The van der Waals surface area contributed by atoms with Crippen LogP contribution in [-0.4, -0.2) is 18.2 Å². The van der Waals surface area contributed by atoms with E-state index in [1.807, 2.05) is 0 Å². The van der Waals surface area contributed by atoms with E-state index in [-0.39, 0.29) is 0 Å². The number of alkyl halides is 1. The maximum atomic E-state index is 10.7. The molecule has 76 valence electrons. The molecule has 1 N–H and O–H groups in total. The molecule has 1 unspecified atom stereocenters. The standard InChI is InChI=1S/C9H8BrClO3/c1-14-7-3-2-5(11)4-6(7)8(10)9(12)13/h2-4,8H,1H3,(H,12,13). The van der Waals surface area contributed by atoms with Gasteiger partial charge in [0.2, 0.25) is 0 Å².